The smallest absolute Gasteiger partial charge is 0.252 e. The molecule has 1 amide bonds. The highest BCUT2D eigenvalue weighted by Crippen LogP contribution is 2.31. The molecule has 5 heteroatoms. The normalized spacial score (nSPS) is 21.0. The molecule has 1 fully saturated rings. The van der Waals surface area contributed by atoms with Gasteiger partial charge in [0.2, 0.25) is 0 Å². The number of fused-ring (bicyclic) bond motifs is 1. The molecule has 1 aromatic heterocycles. The number of carbonyl (C=O) groups excluding carboxylic acids is 1. The van der Waals surface area contributed by atoms with Crippen molar-refractivity contribution >= 4 is 11.7 Å². The first-order valence-corrected chi connectivity index (χ1v) is 7.80. The second-order valence-electron chi connectivity index (χ2n) is 6.68. The molecular formula is C16H24N4O. The van der Waals surface area contributed by atoms with Crippen LogP contribution < -0.4 is 16.0 Å². The fourth-order valence-electron chi connectivity index (χ4n) is 3.39. The van der Waals surface area contributed by atoms with E-state index in [-0.39, 0.29) is 11.4 Å². The van der Waals surface area contributed by atoms with Gasteiger partial charge in [0, 0.05) is 30.9 Å². The van der Waals surface area contributed by atoms with Gasteiger partial charge in [0.25, 0.3) is 5.91 Å². The minimum atomic E-state index is -0.375. The minimum absolute atomic E-state index is 0.0711. The molecule has 0 spiro atoms. The number of aromatic nitrogens is 1. The fourth-order valence-corrected chi connectivity index (χ4v) is 3.39. The Balaban J connectivity index is 2.09. The Labute approximate surface area is 125 Å². The maximum atomic E-state index is 11.9. The highest BCUT2D eigenvalue weighted by atomic mass is 16.1. The number of nitrogens with zero attached hydrogens (tertiary/aromatic N) is 2. The monoisotopic (exact) mass is 288 g/mol. The van der Waals surface area contributed by atoms with E-state index in [1.54, 1.807) is 0 Å². The Bertz CT molecular complexity index is 568. The third kappa shape index (κ3) is 2.62. The van der Waals surface area contributed by atoms with E-state index in [2.05, 4.69) is 24.1 Å². The van der Waals surface area contributed by atoms with Crippen molar-refractivity contribution < 1.29 is 4.79 Å². The van der Waals surface area contributed by atoms with Gasteiger partial charge in [-0.05, 0) is 51.2 Å². The first kappa shape index (κ1) is 14.3. The first-order chi connectivity index (χ1) is 9.99. The standard InChI is InChI=1S/C16H24N4O/c1-16(2)10-18-7-8-20(16)15-12(14(17)21)9-11-5-3-4-6-13(11)19-15/h9,18H,3-8,10H2,1-2H3,(H2,17,21). The van der Waals surface area contributed by atoms with E-state index in [1.807, 2.05) is 6.07 Å². The molecule has 5 nitrogen and oxygen atoms in total. The van der Waals surface area contributed by atoms with E-state index in [0.717, 1.165) is 44.0 Å². The zero-order valence-corrected chi connectivity index (χ0v) is 12.9. The quantitative estimate of drug-likeness (QED) is 0.859. The first-order valence-electron chi connectivity index (χ1n) is 7.80. The van der Waals surface area contributed by atoms with Crippen molar-refractivity contribution in [3.8, 4) is 0 Å². The summed E-state index contributed by atoms with van der Waals surface area (Å²) in [5, 5.41) is 3.40. The van der Waals surface area contributed by atoms with Crippen LogP contribution >= 0.6 is 0 Å². The molecule has 114 valence electrons. The van der Waals surface area contributed by atoms with E-state index in [0.29, 0.717) is 5.56 Å². The summed E-state index contributed by atoms with van der Waals surface area (Å²) >= 11 is 0. The number of aryl methyl sites for hydroxylation is 2. The molecule has 0 saturated carbocycles. The third-order valence-corrected chi connectivity index (χ3v) is 4.60. The van der Waals surface area contributed by atoms with E-state index in [1.165, 1.54) is 18.4 Å². The molecule has 0 aromatic carbocycles. The Morgan fingerprint density at radius 1 is 1.38 bits per heavy atom. The molecule has 21 heavy (non-hydrogen) atoms. The second kappa shape index (κ2) is 5.30. The van der Waals surface area contributed by atoms with Crippen molar-refractivity contribution in [3.63, 3.8) is 0 Å². The zero-order chi connectivity index (χ0) is 15.0. The zero-order valence-electron chi connectivity index (χ0n) is 12.9. The summed E-state index contributed by atoms with van der Waals surface area (Å²) in [5.41, 5.74) is 8.47. The summed E-state index contributed by atoms with van der Waals surface area (Å²) in [6, 6.07) is 1.98. The molecule has 0 bridgehead atoms. The van der Waals surface area contributed by atoms with Crippen molar-refractivity contribution in [1.82, 2.24) is 10.3 Å². The number of carbonyl (C=O) groups is 1. The number of piperazine rings is 1. The van der Waals surface area contributed by atoms with Gasteiger partial charge in [0.05, 0.1) is 5.56 Å². The number of rotatable bonds is 2. The number of amides is 1. The number of nitrogens with two attached hydrogens (primary N) is 1. The Morgan fingerprint density at radius 2 is 2.14 bits per heavy atom. The van der Waals surface area contributed by atoms with E-state index >= 15 is 0 Å². The van der Waals surface area contributed by atoms with Gasteiger partial charge in [0.15, 0.2) is 0 Å². The molecule has 1 aliphatic heterocycles. The summed E-state index contributed by atoms with van der Waals surface area (Å²) in [6.45, 7) is 6.97. The Hall–Kier alpha value is -1.62. The van der Waals surface area contributed by atoms with Gasteiger partial charge in [-0.25, -0.2) is 4.98 Å². The summed E-state index contributed by atoms with van der Waals surface area (Å²) in [6.07, 6.45) is 4.37. The number of nitrogens with one attached hydrogen (secondary N) is 1. The molecule has 1 saturated heterocycles. The van der Waals surface area contributed by atoms with Crippen LogP contribution in [0.25, 0.3) is 0 Å². The molecular weight excluding hydrogens is 264 g/mol. The maximum absolute atomic E-state index is 11.9. The van der Waals surface area contributed by atoms with Gasteiger partial charge in [-0.15, -0.1) is 0 Å². The van der Waals surface area contributed by atoms with Crippen LogP contribution in [0.2, 0.25) is 0 Å². The minimum Gasteiger partial charge on any atom is -0.365 e. The van der Waals surface area contributed by atoms with Crippen molar-refractivity contribution in [1.29, 1.82) is 0 Å². The number of pyridine rings is 1. The van der Waals surface area contributed by atoms with Crippen LogP contribution in [-0.2, 0) is 12.8 Å². The highest BCUT2D eigenvalue weighted by Gasteiger charge is 2.33. The molecule has 1 aromatic rings. The molecule has 3 rings (SSSR count). The topological polar surface area (TPSA) is 71.2 Å². The highest BCUT2D eigenvalue weighted by molar-refractivity contribution is 5.98. The lowest BCUT2D eigenvalue weighted by molar-refractivity contribution is 0.1000. The van der Waals surface area contributed by atoms with Crippen LogP contribution in [0, 0.1) is 0 Å². The van der Waals surface area contributed by atoms with Crippen LogP contribution in [0.15, 0.2) is 6.07 Å². The molecule has 0 radical (unpaired) electrons. The van der Waals surface area contributed by atoms with Gasteiger partial charge in [-0.3, -0.25) is 4.79 Å². The molecule has 2 aliphatic rings. The van der Waals surface area contributed by atoms with E-state index < -0.39 is 0 Å². The van der Waals surface area contributed by atoms with E-state index in [4.69, 9.17) is 10.7 Å². The molecule has 0 unspecified atom stereocenters. The number of anilines is 1. The van der Waals surface area contributed by atoms with E-state index in [9.17, 15) is 4.79 Å². The lowest BCUT2D eigenvalue weighted by Crippen LogP contribution is -2.58. The SMILES string of the molecule is CC1(C)CNCCN1c1nc2c(cc1C(N)=O)CCCC2. The van der Waals surface area contributed by atoms with Crippen molar-refractivity contribution in [3.05, 3.63) is 22.9 Å². The fraction of sp³-hybridized carbons (Fsp3) is 0.625. The van der Waals surface area contributed by atoms with Crippen LogP contribution in [0.1, 0.15) is 48.3 Å². The van der Waals surface area contributed by atoms with Crippen LogP contribution in [0.4, 0.5) is 5.82 Å². The average Bonchev–Trinajstić information content (AvgIpc) is 2.45. The molecule has 3 N–H and O–H groups in total. The van der Waals surface area contributed by atoms with Gasteiger partial charge in [-0.1, -0.05) is 0 Å². The lowest BCUT2D eigenvalue weighted by atomic mass is 9.93. The predicted octanol–water partition coefficient (Wildman–Crippen LogP) is 1.25. The number of primary amides is 1. The summed E-state index contributed by atoms with van der Waals surface area (Å²) < 4.78 is 0. The van der Waals surface area contributed by atoms with Gasteiger partial charge in [0.1, 0.15) is 5.82 Å². The summed E-state index contributed by atoms with van der Waals surface area (Å²) in [4.78, 5) is 19.0. The van der Waals surface area contributed by atoms with Gasteiger partial charge < -0.3 is 16.0 Å². The Kier molecular flexibility index (Phi) is 3.61. The maximum Gasteiger partial charge on any atom is 0.252 e. The van der Waals surface area contributed by atoms with Crippen molar-refractivity contribution in [2.45, 2.75) is 45.1 Å². The number of hydrogen-bond donors (Lipinski definition) is 2. The molecule has 0 atom stereocenters. The third-order valence-electron chi connectivity index (χ3n) is 4.60. The largest absolute Gasteiger partial charge is 0.365 e. The second-order valence-corrected chi connectivity index (χ2v) is 6.68. The lowest BCUT2D eigenvalue weighted by Gasteiger charge is -2.44. The van der Waals surface area contributed by atoms with Crippen LogP contribution in [0.5, 0.6) is 0 Å². The average molecular weight is 288 g/mol. The van der Waals surface area contributed by atoms with Crippen LogP contribution in [-0.4, -0.2) is 36.1 Å². The van der Waals surface area contributed by atoms with Gasteiger partial charge >= 0.3 is 0 Å². The summed E-state index contributed by atoms with van der Waals surface area (Å²) in [5.74, 6) is 0.398. The molecule has 2 heterocycles. The molecule has 1 aliphatic carbocycles. The summed E-state index contributed by atoms with van der Waals surface area (Å²) in [7, 11) is 0. The van der Waals surface area contributed by atoms with Gasteiger partial charge in [-0.2, -0.15) is 0 Å². The van der Waals surface area contributed by atoms with Crippen molar-refractivity contribution in [2.24, 2.45) is 5.73 Å². The predicted molar refractivity (Wildman–Crippen MR) is 83.7 cm³/mol. The Morgan fingerprint density at radius 3 is 2.86 bits per heavy atom. The number of hydrogen-bond acceptors (Lipinski definition) is 4. The van der Waals surface area contributed by atoms with Crippen molar-refractivity contribution in [2.75, 3.05) is 24.5 Å². The van der Waals surface area contributed by atoms with Crippen LogP contribution in [0.3, 0.4) is 0 Å².